The standard InChI is InChI=1S/C17H17N5O2S/c1-11-5-6-12(24-11)10-20-15(23)16-21-14-13(25-16)4-2-9-22(14)17-18-7-3-8-19-17/h3,5-8H,2,4,9-10H2,1H3,(H,20,23). The van der Waals surface area contributed by atoms with Gasteiger partial charge in [0.15, 0.2) is 10.8 Å². The van der Waals surface area contributed by atoms with E-state index in [-0.39, 0.29) is 5.91 Å². The molecule has 4 rings (SSSR count). The van der Waals surface area contributed by atoms with Gasteiger partial charge in [0.2, 0.25) is 5.95 Å². The summed E-state index contributed by atoms with van der Waals surface area (Å²) in [5, 5.41) is 3.31. The molecule has 1 aliphatic rings. The molecular weight excluding hydrogens is 338 g/mol. The molecule has 0 saturated heterocycles. The summed E-state index contributed by atoms with van der Waals surface area (Å²) in [6.07, 6.45) is 5.32. The number of furan rings is 1. The van der Waals surface area contributed by atoms with Gasteiger partial charge in [-0.2, -0.15) is 0 Å². The highest BCUT2D eigenvalue weighted by Gasteiger charge is 2.26. The first-order valence-electron chi connectivity index (χ1n) is 8.08. The number of rotatable bonds is 4. The Labute approximate surface area is 148 Å². The van der Waals surface area contributed by atoms with E-state index in [4.69, 9.17) is 4.42 Å². The number of thiazole rings is 1. The van der Waals surface area contributed by atoms with E-state index >= 15 is 0 Å². The number of hydrogen-bond acceptors (Lipinski definition) is 7. The highest BCUT2D eigenvalue weighted by Crippen LogP contribution is 2.34. The van der Waals surface area contributed by atoms with Crippen molar-refractivity contribution in [3.8, 4) is 0 Å². The second kappa shape index (κ2) is 6.64. The first kappa shape index (κ1) is 15.8. The van der Waals surface area contributed by atoms with E-state index in [9.17, 15) is 4.79 Å². The molecule has 0 radical (unpaired) electrons. The van der Waals surface area contributed by atoms with Gasteiger partial charge in [-0.25, -0.2) is 15.0 Å². The van der Waals surface area contributed by atoms with Crippen molar-refractivity contribution < 1.29 is 9.21 Å². The van der Waals surface area contributed by atoms with Crippen molar-refractivity contribution in [1.82, 2.24) is 20.3 Å². The van der Waals surface area contributed by atoms with Gasteiger partial charge in [-0.15, -0.1) is 11.3 Å². The minimum atomic E-state index is -0.192. The minimum Gasteiger partial charge on any atom is -0.465 e. The van der Waals surface area contributed by atoms with Crippen LogP contribution in [0.1, 0.15) is 32.6 Å². The van der Waals surface area contributed by atoms with E-state index in [1.165, 1.54) is 11.3 Å². The summed E-state index contributed by atoms with van der Waals surface area (Å²) in [5.74, 6) is 2.77. The topological polar surface area (TPSA) is 84.2 Å². The molecule has 0 spiro atoms. The Hall–Kier alpha value is -2.74. The smallest absolute Gasteiger partial charge is 0.280 e. The first-order valence-corrected chi connectivity index (χ1v) is 8.90. The average Bonchev–Trinajstić information content (AvgIpc) is 3.26. The van der Waals surface area contributed by atoms with Crippen molar-refractivity contribution in [3.63, 3.8) is 0 Å². The Morgan fingerprint density at radius 2 is 2.20 bits per heavy atom. The molecule has 0 unspecified atom stereocenters. The summed E-state index contributed by atoms with van der Waals surface area (Å²) in [4.78, 5) is 28.6. The quantitative estimate of drug-likeness (QED) is 0.775. The summed E-state index contributed by atoms with van der Waals surface area (Å²) in [6, 6.07) is 5.52. The third-order valence-corrected chi connectivity index (χ3v) is 5.03. The molecule has 1 N–H and O–H groups in total. The van der Waals surface area contributed by atoms with Crippen LogP contribution in [-0.2, 0) is 13.0 Å². The fourth-order valence-corrected chi connectivity index (χ4v) is 3.79. The van der Waals surface area contributed by atoms with E-state index in [1.807, 2.05) is 24.0 Å². The van der Waals surface area contributed by atoms with Gasteiger partial charge >= 0.3 is 0 Å². The lowest BCUT2D eigenvalue weighted by molar-refractivity contribution is 0.0947. The number of hydrogen-bond donors (Lipinski definition) is 1. The van der Waals surface area contributed by atoms with Crippen LogP contribution in [0.4, 0.5) is 11.8 Å². The van der Waals surface area contributed by atoms with Crippen molar-refractivity contribution in [2.45, 2.75) is 26.3 Å². The molecule has 0 bridgehead atoms. The maximum absolute atomic E-state index is 12.4. The summed E-state index contributed by atoms with van der Waals surface area (Å²) >= 11 is 1.43. The van der Waals surface area contributed by atoms with Crippen LogP contribution in [0.5, 0.6) is 0 Å². The third kappa shape index (κ3) is 3.25. The fraction of sp³-hybridized carbons (Fsp3) is 0.294. The van der Waals surface area contributed by atoms with Crippen LogP contribution >= 0.6 is 11.3 Å². The zero-order valence-electron chi connectivity index (χ0n) is 13.7. The van der Waals surface area contributed by atoms with E-state index in [0.717, 1.165) is 41.6 Å². The fourth-order valence-electron chi connectivity index (χ4n) is 2.77. The molecule has 0 aliphatic carbocycles. The third-order valence-electron chi connectivity index (χ3n) is 3.92. The second-order valence-corrected chi connectivity index (χ2v) is 6.85. The van der Waals surface area contributed by atoms with Crippen LogP contribution in [0.3, 0.4) is 0 Å². The van der Waals surface area contributed by atoms with E-state index in [1.54, 1.807) is 18.5 Å². The van der Waals surface area contributed by atoms with Gasteiger partial charge in [-0.3, -0.25) is 9.69 Å². The van der Waals surface area contributed by atoms with Crippen LogP contribution in [0.2, 0.25) is 0 Å². The van der Waals surface area contributed by atoms with Crippen LogP contribution in [0, 0.1) is 6.92 Å². The van der Waals surface area contributed by atoms with Gasteiger partial charge in [0, 0.05) is 23.8 Å². The van der Waals surface area contributed by atoms with Crippen LogP contribution in [0.25, 0.3) is 0 Å². The molecule has 7 nitrogen and oxygen atoms in total. The molecule has 0 saturated carbocycles. The van der Waals surface area contributed by atoms with E-state index in [0.29, 0.717) is 17.5 Å². The van der Waals surface area contributed by atoms with E-state index < -0.39 is 0 Å². The number of carbonyl (C=O) groups excluding carboxylic acids is 1. The molecule has 25 heavy (non-hydrogen) atoms. The number of anilines is 2. The van der Waals surface area contributed by atoms with Crippen molar-refractivity contribution in [2.75, 3.05) is 11.4 Å². The Kier molecular flexibility index (Phi) is 4.19. The Bertz CT molecular complexity index is 890. The molecule has 8 heteroatoms. The maximum atomic E-state index is 12.4. The molecule has 0 atom stereocenters. The normalized spacial score (nSPS) is 13.6. The van der Waals surface area contributed by atoms with Crippen LogP contribution in [0.15, 0.2) is 35.0 Å². The minimum absolute atomic E-state index is 0.192. The lowest BCUT2D eigenvalue weighted by Crippen LogP contribution is -2.26. The van der Waals surface area contributed by atoms with Gasteiger partial charge < -0.3 is 9.73 Å². The summed E-state index contributed by atoms with van der Waals surface area (Å²) in [6.45, 7) is 3.02. The molecule has 3 aromatic rings. The summed E-state index contributed by atoms with van der Waals surface area (Å²) in [7, 11) is 0. The van der Waals surface area contributed by atoms with Crippen molar-refractivity contribution in [2.24, 2.45) is 0 Å². The van der Waals surface area contributed by atoms with Gasteiger partial charge in [-0.05, 0) is 38.0 Å². The summed E-state index contributed by atoms with van der Waals surface area (Å²) < 4.78 is 5.47. The zero-order chi connectivity index (χ0) is 17.2. The summed E-state index contributed by atoms with van der Waals surface area (Å²) in [5.41, 5.74) is 0. The SMILES string of the molecule is Cc1ccc(CNC(=O)c2nc3c(s2)CCCN3c2ncccn2)o1. The molecule has 3 aromatic heterocycles. The number of nitrogens with zero attached hydrogens (tertiary/aromatic N) is 4. The van der Waals surface area contributed by atoms with Gasteiger partial charge in [-0.1, -0.05) is 0 Å². The maximum Gasteiger partial charge on any atom is 0.280 e. The largest absolute Gasteiger partial charge is 0.465 e. The molecule has 1 aliphatic heterocycles. The number of aromatic nitrogens is 3. The number of fused-ring (bicyclic) bond motifs is 1. The van der Waals surface area contributed by atoms with Gasteiger partial charge in [0.05, 0.1) is 6.54 Å². The van der Waals surface area contributed by atoms with Gasteiger partial charge in [0.25, 0.3) is 5.91 Å². The molecule has 1 amide bonds. The Balaban J connectivity index is 1.52. The average molecular weight is 355 g/mol. The number of nitrogens with one attached hydrogen (secondary N) is 1. The van der Waals surface area contributed by atoms with Crippen LogP contribution in [-0.4, -0.2) is 27.4 Å². The second-order valence-electron chi connectivity index (χ2n) is 5.76. The first-order chi connectivity index (χ1) is 12.2. The van der Waals surface area contributed by atoms with Crippen molar-refractivity contribution >= 4 is 29.0 Å². The lowest BCUT2D eigenvalue weighted by Gasteiger charge is -2.25. The van der Waals surface area contributed by atoms with Crippen LogP contribution < -0.4 is 10.2 Å². The number of amides is 1. The number of aryl methyl sites for hydroxylation is 2. The molecule has 4 heterocycles. The zero-order valence-corrected chi connectivity index (χ0v) is 14.5. The lowest BCUT2D eigenvalue weighted by atomic mass is 10.2. The predicted molar refractivity (Wildman–Crippen MR) is 94.1 cm³/mol. The monoisotopic (exact) mass is 355 g/mol. The molecular formula is C17H17N5O2S. The van der Waals surface area contributed by atoms with E-state index in [2.05, 4.69) is 20.3 Å². The Morgan fingerprint density at radius 3 is 2.96 bits per heavy atom. The number of carbonyl (C=O) groups is 1. The Morgan fingerprint density at radius 1 is 1.36 bits per heavy atom. The highest BCUT2D eigenvalue weighted by molar-refractivity contribution is 7.14. The molecule has 0 fully saturated rings. The van der Waals surface area contributed by atoms with Crippen molar-refractivity contribution in [3.05, 3.63) is 52.0 Å². The highest BCUT2D eigenvalue weighted by atomic mass is 32.1. The molecule has 128 valence electrons. The molecule has 0 aromatic carbocycles. The predicted octanol–water partition coefficient (Wildman–Crippen LogP) is 2.85. The van der Waals surface area contributed by atoms with Crippen molar-refractivity contribution in [1.29, 1.82) is 0 Å². The van der Waals surface area contributed by atoms with Gasteiger partial charge in [0.1, 0.15) is 11.5 Å².